The summed E-state index contributed by atoms with van der Waals surface area (Å²) >= 11 is 0. The number of anilines is 1. The van der Waals surface area contributed by atoms with Gasteiger partial charge >= 0.3 is 0 Å². The normalized spacial score (nSPS) is 14.4. The second-order valence-corrected chi connectivity index (χ2v) is 7.55. The van der Waals surface area contributed by atoms with E-state index < -0.39 is 0 Å². The van der Waals surface area contributed by atoms with Crippen LogP contribution in [0.25, 0.3) is 16.7 Å². The number of piperazine rings is 1. The molecular formula is C22H23N7O. The summed E-state index contributed by atoms with van der Waals surface area (Å²) in [5.74, 6) is 1.74. The Bertz CT molecular complexity index is 1160. The minimum absolute atomic E-state index is 0.174. The number of nitrogens with zero attached hydrogens (tertiary/aromatic N) is 7. The number of para-hydroxylation sites is 1. The van der Waals surface area contributed by atoms with Crippen molar-refractivity contribution in [3.63, 3.8) is 0 Å². The lowest BCUT2D eigenvalue weighted by atomic mass is 10.1. The Hall–Kier alpha value is -3.68. The summed E-state index contributed by atoms with van der Waals surface area (Å²) in [5.41, 5.74) is 2.24. The minimum Gasteiger partial charge on any atom is -0.352 e. The van der Waals surface area contributed by atoms with E-state index in [4.69, 9.17) is 0 Å². The van der Waals surface area contributed by atoms with Gasteiger partial charge in [0.15, 0.2) is 11.6 Å². The first-order valence-electron chi connectivity index (χ1n) is 10.1. The van der Waals surface area contributed by atoms with Crippen LogP contribution < -0.4 is 4.90 Å². The Morgan fingerprint density at radius 3 is 2.50 bits per heavy atom. The molecule has 0 N–H and O–H groups in total. The maximum absolute atomic E-state index is 12.9. The fraction of sp³-hybridized carbons (Fsp3) is 0.273. The molecule has 5 rings (SSSR count). The highest BCUT2D eigenvalue weighted by Crippen LogP contribution is 2.22. The molecule has 0 atom stereocenters. The van der Waals surface area contributed by atoms with Gasteiger partial charge in [0.05, 0.1) is 6.42 Å². The molecule has 1 aliphatic heterocycles. The van der Waals surface area contributed by atoms with Crippen molar-refractivity contribution in [1.82, 2.24) is 29.2 Å². The first-order chi connectivity index (χ1) is 14.7. The molecule has 4 aromatic rings. The molecule has 3 aromatic heterocycles. The molecule has 0 saturated carbocycles. The summed E-state index contributed by atoms with van der Waals surface area (Å²) in [6, 6.07) is 12.1. The van der Waals surface area contributed by atoms with Crippen LogP contribution in [0, 0.1) is 0 Å². The van der Waals surface area contributed by atoms with Gasteiger partial charge in [0, 0.05) is 62.7 Å². The van der Waals surface area contributed by atoms with Crippen LogP contribution in [0.5, 0.6) is 0 Å². The molecule has 1 fully saturated rings. The summed E-state index contributed by atoms with van der Waals surface area (Å²) in [4.78, 5) is 21.1. The number of imidazole rings is 1. The predicted molar refractivity (Wildman–Crippen MR) is 115 cm³/mol. The molecule has 0 spiro atoms. The Balaban J connectivity index is 1.22. The van der Waals surface area contributed by atoms with E-state index >= 15 is 0 Å². The van der Waals surface area contributed by atoms with Gasteiger partial charge < -0.3 is 14.4 Å². The summed E-state index contributed by atoms with van der Waals surface area (Å²) in [6.45, 7) is 2.88. The van der Waals surface area contributed by atoms with Crippen molar-refractivity contribution in [3.05, 3.63) is 66.9 Å². The molecular weight excluding hydrogens is 378 g/mol. The third kappa shape index (κ3) is 3.41. The Morgan fingerprint density at radius 1 is 1.00 bits per heavy atom. The van der Waals surface area contributed by atoms with E-state index in [2.05, 4.69) is 43.0 Å². The topological polar surface area (TPSA) is 72.1 Å². The van der Waals surface area contributed by atoms with E-state index in [-0.39, 0.29) is 5.91 Å². The van der Waals surface area contributed by atoms with E-state index in [1.165, 1.54) is 0 Å². The highest BCUT2D eigenvalue weighted by atomic mass is 16.2. The lowest BCUT2D eigenvalue weighted by Gasteiger charge is -2.35. The van der Waals surface area contributed by atoms with Crippen molar-refractivity contribution in [2.75, 3.05) is 31.1 Å². The zero-order valence-electron chi connectivity index (χ0n) is 16.8. The van der Waals surface area contributed by atoms with E-state index in [0.29, 0.717) is 19.5 Å². The molecule has 8 nitrogen and oxygen atoms in total. The number of aryl methyl sites for hydroxylation is 1. The monoisotopic (exact) mass is 401 g/mol. The van der Waals surface area contributed by atoms with Gasteiger partial charge in [-0.25, -0.2) is 4.98 Å². The molecule has 0 radical (unpaired) electrons. The maximum Gasteiger partial charge on any atom is 0.227 e. The second kappa shape index (κ2) is 7.62. The largest absolute Gasteiger partial charge is 0.352 e. The molecule has 1 aromatic carbocycles. The number of aromatic nitrogens is 5. The standard InChI is InChI=1S/C22H23N7O/c1-26-15-17(18-4-2-3-5-19(18)26)14-22(30)28-12-10-27(11-13-28)20-6-7-21(25-24-20)29-9-8-23-16-29/h2-9,15-16H,10-14H2,1H3. The molecule has 152 valence electrons. The van der Waals surface area contributed by atoms with Crippen LogP contribution in [-0.4, -0.2) is 61.3 Å². The average molecular weight is 401 g/mol. The zero-order chi connectivity index (χ0) is 20.5. The van der Waals surface area contributed by atoms with Gasteiger partial charge in [-0.2, -0.15) is 0 Å². The van der Waals surface area contributed by atoms with Crippen molar-refractivity contribution in [2.24, 2.45) is 7.05 Å². The SMILES string of the molecule is Cn1cc(CC(=O)N2CCN(c3ccc(-n4ccnc4)nn3)CC2)c2ccccc21. The predicted octanol–water partition coefficient (Wildman–Crippen LogP) is 2.05. The van der Waals surface area contributed by atoms with Crippen LogP contribution >= 0.6 is 0 Å². The third-order valence-corrected chi connectivity index (χ3v) is 5.68. The van der Waals surface area contributed by atoms with Crippen LogP contribution in [0.2, 0.25) is 0 Å². The summed E-state index contributed by atoms with van der Waals surface area (Å²) in [5, 5.41) is 9.79. The van der Waals surface area contributed by atoms with Crippen LogP contribution in [0.4, 0.5) is 5.82 Å². The van der Waals surface area contributed by atoms with Gasteiger partial charge in [-0.1, -0.05) is 18.2 Å². The molecule has 1 saturated heterocycles. The smallest absolute Gasteiger partial charge is 0.227 e. The van der Waals surface area contributed by atoms with Crippen LogP contribution in [0.3, 0.4) is 0 Å². The van der Waals surface area contributed by atoms with E-state index in [0.717, 1.165) is 41.2 Å². The van der Waals surface area contributed by atoms with Crippen molar-refractivity contribution in [3.8, 4) is 5.82 Å². The zero-order valence-corrected chi connectivity index (χ0v) is 16.8. The van der Waals surface area contributed by atoms with Gasteiger partial charge in [-0.15, -0.1) is 10.2 Å². The molecule has 0 aliphatic carbocycles. The molecule has 4 heterocycles. The van der Waals surface area contributed by atoms with Crippen molar-refractivity contribution in [1.29, 1.82) is 0 Å². The highest BCUT2D eigenvalue weighted by Gasteiger charge is 2.23. The Kier molecular flexibility index (Phi) is 4.66. The van der Waals surface area contributed by atoms with Crippen LogP contribution in [0.1, 0.15) is 5.56 Å². The number of hydrogen-bond acceptors (Lipinski definition) is 5. The quantitative estimate of drug-likeness (QED) is 0.523. The number of carbonyl (C=O) groups is 1. The molecule has 1 aliphatic rings. The fourth-order valence-corrected chi connectivity index (χ4v) is 4.05. The molecule has 30 heavy (non-hydrogen) atoms. The molecule has 8 heteroatoms. The van der Waals surface area contributed by atoms with Gasteiger partial charge in [0.25, 0.3) is 0 Å². The van der Waals surface area contributed by atoms with Gasteiger partial charge in [0.2, 0.25) is 5.91 Å². The van der Waals surface area contributed by atoms with Gasteiger partial charge in [-0.05, 0) is 23.8 Å². The molecule has 0 bridgehead atoms. The number of carbonyl (C=O) groups excluding carboxylic acids is 1. The van der Waals surface area contributed by atoms with Gasteiger partial charge in [0.1, 0.15) is 6.33 Å². The summed E-state index contributed by atoms with van der Waals surface area (Å²) < 4.78 is 3.91. The van der Waals surface area contributed by atoms with Crippen molar-refractivity contribution >= 4 is 22.6 Å². The number of fused-ring (bicyclic) bond motifs is 1. The second-order valence-electron chi connectivity index (χ2n) is 7.55. The van der Waals surface area contributed by atoms with Crippen LogP contribution in [0.15, 0.2) is 61.3 Å². The van der Waals surface area contributed by atoms with Crippen molar-refractivity contribution < 1.29 is 4.79 Å². The van der Waals surface area contributed by atoms with E-state index in [1.54, 1.807) is 12.5 Å². The third-order valence-electron chi connectivity index (χ3n) is 5.68. The maximum atomic E-state index is 12.9. The fourth-order valence-electron chi connectivity index (χ4n) is 4.05. The first-order valence-corrected chi connectivity index (χ1v) is 10.1. The number of amides is 1. The summed E-state index contributed by atoms with van der Waals surface area (Å²) in [7, 11) is 2.02. The Labute approximate surface area is 174 Å². The Morgan fingerprint density at radius 2 is 1.77 bits per heavy atom. The van der Waals surface area contributed by atoms with E-state index in [1.807, 2.05) is 47.0 Å². The number of benzene rings is 1. The summed E-state index contributed by atoms with van der Waals surface area (Å²) in [6.07, 6.45) is 7.75. The number of hydrogen-bond donors (Lipinski definition) is 0. The van der Waals surface area contributed by atoms with Crippen LogP contribution in [-0.2, 0) is 18.3 Å². The molecule has 1 amide bonds. The first kappa shape index (κ1) is 18.4. The average Bonchev–Trinajstić information content (AvgIpc) is 3.43. The highest BCUT2D eigenvalue weighted by molar-refractivity contribution is 5.89. The minimum atomic E-state index is 0.174. The number of rotatable bonds is 4. The van der Waals surface area contributed by atoms with Gasteiger partial charge in [-0.3, -0.25) is 9.36 Å². The molecule has 0 unspecified atom stereocenters. The van der Waals surface area contributed by atoms with Crippen molar-refractivity contribution in [2.45, 2.75) is 6.42 Å². The lowest BCUT2D eigenvalue weighted by molar-refractivity contribution is -0.130. The van der Waals surface area contributed by atoms with E-state index in [9.17, 15) is 4.79 Å². The lowest BCUT2D eigenvalue weighted by Crippen LogP contribution is -2.49.